The average Bonchev–Trinajstić information content (AvgIpc) is 1.94. The summed E-state index contributed by atoms with van der Waals surface area (Å²) < 4.78 is 0. The van der Waals surface area contributed by atoms with Gasteiger partial charge in [-0.1, -0.05) is 23.7 Å². The molecule has 0 aliphatic heterocycles. The van der Waals surface area contributed by atoms with Gasteiger partial charge in [-0.05, 0) is 12.1 Å². The molecular weight excluding hydrogens is 220 g/mol. The Morgan fingerprint density at radius 1 is 1.25 bits per heavy atom. The van der Waals surface area contributed by atoms with Crippen LogP contribution in [0.2, 0.25) is 5.02 Å². The van der Waals surface area contributed by atoms with Crippen LogP contribution in [0, 0.1) is 0 Å². The first kappa shape index (κ1) is 14.0. The maximum Gasteiger partial charge on any atom is 0.240 e. The van der Waals surface area contributed by atoms with Gasteiger partial charge >= 0.3 is 0 Å². The molecule has 12 heavy (non-hydrogen) atoms. The quantitative estimate of drug-likeness (QED) is 0.534. The average molecular weight is 226 g/mol. The minimum Gasteiger partial charge on any atom is -0.211 e. The van der Waals surface area contributed by atoms with Gasteiger partial charge in [-0.15, -0.1) is 24.8 Å². The second-order valence-electron chi connectivity index (χ2n) is 1.65. The van der Waals surface area contributed by atoms with Crippen LogP contribution in [0.15, 0.2) is 29.3 Å². The summed E-state index contributed by atoms with van der Waals surface area (Å²) in [7, 11) is 0. The maximum absolute atomic E-state index is 9.78. The number of hydrogen-bond donors (Lipinski definition) is 0. The second-order valence-corrected chi connectivity index (χ2v) is 2.06. The van der Waals surface area contributed by atoms with Gasteiger partial charge in [0.05, 0.1) is 10.7 Å². The molecule has 0 amide bonds. The monoisotopic (exact) mass is 225 g/mol. The van der Waals surface area contributed by atoms with Gasteiger partial charge in [-0.3, -0.25) is 0 Å². The van der Waals surface area contributed by atoms with Gasteiger partial charge in [0.2, 0.25) is 6.08 Å². The summed E-state index contributed by atoms with van der Waals surface area (Å²) >= 11 is 5.63. The highest BCUT2D eigenvalue weighted by molar-refractivity contribution is 6.33. The third-order valence-corrected chi connectivity index (χ3v) is 1.34. The molecule has 0 fully saturated rings. The fourth-order valence-electron chi connectivity index (χ4n) is 0.592. The molecule has 0 saturated heterocycles. The Labute approximate surface area is 87.5 Å². The highest BCUT2D eigenvalue weighted by Crippen LogP contribution is 2.22. The third-order valence-electron chi connectivity index (χ3n) is 1.02. The lowest BCUT2D eigenvalue weighted by molar-refractivity contribution is 0.565. The molecule has 0 heterocycles. The van der Waals surface area contributed by atoms with Crippen molar-refractivity contribution in [3.05, 3.63) is 29.3 Å². The van der Waals surface area contributed by atoms with E-state index in [0.29, 0.717) is 10.7 Å². The summed E-state index contributed by atoms with van der Waals surface area (Å²) in [6.07, 6.45) is 1.42. The molecule has 0 N–H and O–H groups in total. The van der Waals surface area contributed by atoms with E-state index >= 15 is 0 Å². The van der Waals surface area contributed by atoms with Gasteiger partial charge in [-0.25, -0.2) is 4.79 Å². The van der Waals surface area contributed by atoms with Crippen molar-refractivity contribution in [3.8, 4) is 0 Å². The molecule has 0 saturated carbocycles. The summed E-state index contributed by atoms with van der Waals surface area (Å²) in [6, 6.07) is 6.83. The van der Waals surface area contributed by atoms with Gasteiger partial charge in [0.1, 0.15) is 0 Å². The van der Waals surface area contributed by atoms with Crippen LogP contribution in [0.25, 0.3) is 0 Å². The van der Waals surface area contributed by atoms with Crippen molar-refractivity contribution < 1.29 is 4.79 Å². The van der Waals surface area contributed by atoms with E-state index in [-0.39, 0.29) is 24.8 Å². The number of nitrogens with zero attached hydrogens (tertiary/aromatic N) is 1. The van der Waals surface area contributed by atoms with Crippen molar-refractivity contribution >= 4 is 48.2 Å². The van der Waals surface area contributed by atoms with Crippen LogP contribution in [0.4, 0.5) is 5.69 Å². The minimum atomic E-state index is 0. The summed E-state index contributed by atoms with van der Waals surface area (Å²) in [4.78, 5) is 13.1. The van der Waals surface area contributed by atoms with E-state index in [1.807, 2.05) is 0 Å². The van der Waals surface area contributed by atoms with Crippen LogP contribution >= 0.6 is 36.4 Å². The van der Waals surface area contributed by atoms with Gasteiger partial charge in [-0.2, -0.15) is 4.99 Å². The second kappa shape index (κ2) is 7.14. The number of carbonyl (C=O) groups excluding carboxylic acids is 1. The Hall–Kier alpha value is -0.530. The van der Waals surface area contributed by atoms with E-state index in [1.165, 1.54) is 6.08 Å². The lowest BCUT2D eigenvalue weighted by Gasteiger charge is -1.90. The molecule has 0 unspecified atom stereocenters. The zero-order valence-electron chi connectivity index (χ0n) is 5.86. The first-order valence-corrected chi connectivity index (χ1v) is 3.05. The number of halogens is 3. The molecule has 0 aliphatic carbocycles. The molecule has 66 valence electrons. The van der Waals surface area contributed by atoms with Crippen LogP contribution in [0.5, 0.6) is 0 Å². The van der Waals surface area contributed by atoms with Gasteiger partial charge in [0.25, 0.3) is 0 Å². The molecule has 0 aliphatic rings. The van der Waals surface area contributed by atoms with E-state index < -0.39 is 0 Å². The molecule has 0 atom stereocenters. The summed E-state index contributed by atoms with van der Waals surface area (Å²) in [5.41, 5.74) is 0.458. The molecule has 0 aromatic heterocycles. The van der Waals surface area contributed by atoms with Crippen LogP contribution in [-0.4, -0.2) is 6.08 Å². The zero-order chi connectivity index (χ0) is 7.40. The number of aliphatic imine (C=N–C) groups is 1. The summed E-state index contributed by atoms with van der Waals surface area (Å²) in [6.45, 7) is 0. The fraction of sp³-hybridized carbons (Fsp3) is 0. The Morgan fingerprint density at radius 3 is 2.33 bits per heavy atom. The smallest absolute Gasteiger partial charge is 0.211 e. The van der Waals surface area contributed by atoms with E-state index in [4.69, 9.17) is 11.6 Å². The van der Waals surface area contributed by atoms with Crippen LogP contribution in [-0.2, 0) is 4.79 Å². The molecule has 1 rings (SSSR count). The molecule has 1 aromatic carbocycles. The predicted molar refractivity (Wildman–Crippen MR) is 53.7 cm³/mol. The number of hydrogen-bond acceptors (Lipinski definition) is 2. The molecule has 0 radical (unpaired) electrons. The Bertz CT molecular complexity index is 284. The fourth-order valence-corrected chi connectivity index (χ4v) is 0.770. The Balaban J connectivity index is 0. The van der Waals surface area contributed by atoms with E-state index in [1.54, 1.807) is 24.3 Å². The zero-order valence-corrected chi connectivity index (χ0v) is 8.25. The van der Waals surface area contributed by atoms with Gasteiger partial charge < -0.3 is 0 Å². The Morgan fingerprint density at radius 2 is 1.83 bits per heavy atom. The third kappa shape index (κ3) is 3.74. The van der Waals surface area contributed by atoms with E-state index in [0.717, 1.165) is 0 Å². The molecule has 2 nitrogen and oxygen atoms in total. The normalized spacial score (nSPS) is 7.08. The van der Waals surface area contributed by atoms with Gasteiger partial charge in [0, 0.05) is 0 Å². The van der Waals surface area contributed by atoms with Crippen molar-refractivity contribution in [2.45, 2.75) is 0 Å². The minimum absolute atomic E-state index is 0. The standard InChI is InChI=1S/C7H4ClNO.2ClH/c8-6-3-1-2-4-7(6)9-5-10;;/h1-4H;2*1H. The maximum atomic E-state index is 9.78. The molecule has 0 bridgehead atoms. The summed E-state index contributed by atoms with van der Waals surface area (Å²) in [5.74, 6) is 0. The highest BCUT2D eigenvalue weighted by atomic mass is 35.5. The molecular formula is C7H6Cl3NO. The van der Waals surface area contributed by atoms with Crippen molar-refractivity contribution in [3.63, 3.8) is 0 Å². The first-order chi connectivity index (χ1) is 4.84. The number of para-hydroxylation sites is 1. The lowest BCUT2D eigenvalue weighted by atomic mass is 10.3. The molecule has 5 heteroatoms. The van der Waals surface area contributed by atoms with Crippen LogP contribution in [0.1, 0.15) is 0 Å². The van der Waals surface area contributed by atoms with Crippen molar-refractivity contribution in [2.75, 3.05) is 0 Å². The van der Waals surface area contributed by atoms with Crippen LogP contribution in [0.3, 0.4) is 0 Å². The van der Waals surface area contributed by atoms with Crippen LogP contribution < -0.4 is 0 Å². The number of isocyanates is 1. The number of benzene rings is 1. The predicted octanol–water partition coefficient (Wildman–Crippen LogP) is 3.15. The van der Waals surface area contributed by atoms with Gasteiger partial charge in [0.15, 0.2) is 0 Å². The highest BCUT2D eigenvalue weighted by Gasteiger charge is 1.92. The molecule has 0 spiro atoms. The number of rotatable bonds is 1. The van der Waals surface area contributed by atoms with Crippen molar-refractivity contribution in [1.82, 2.24) is 0 Å². The van der Waals surface area contributed by atoms with E-state index in [2.05, 4.69) is 4.99 Å². The van der Waals surface area contributed by atoms with Crippen molar-refractivity contribution in [1.29, 1.82) is 0 Å². The van der Waals surface area contributed by atoms with Crippen molar-refractivity contribution in [2.24, 2.45) is 4.99 Å². The first-order valence-electron chi connectivity index (χ1n) is 2.67. The SMILES string of the molecule is Cl.Cl.O=C=Nc1ccccc1Cl. The lowest BCUT2D eigenvalue weighted by Crippen LogP contribution is -1.64. The summed E-state index contributed by atoms with van der Waals surface area (Å²) in [5, 5.41) is 0.464. The molecule has 1 aromatic rings. The topological polar surface area (TPSA) is 29.4 Å². The van der Waals surface area contributed by atoms with E-state index in [9.17, 15) is 4.79 Å². The largest absolute Gasteiger partial charge is 0.240 e. The Kier molecular flexibility index (Phi) is 8.34.